The molecule has 0 amide bonds. The van der Waals surface area contributed by atoms with Gasteiger partial charge in [-0.15, -0.1) is 4.91 Å². The Morgan fingerprint density at radius 2 is 1.94 bits per heavy atom. The quantitative estimate of drug-likeness (QED) is 0.507. The third kappa shape index (κ3) is 1.79. The lowest BCUT2D eigenvalue weighted by molar-refractivity contribution is -0.384. The van der Waals surface area contributed by atoms with E-state index in [2.05, 4.69) is 10.3 Å². The zero-order valence-electron chi connectivity index (χ0n) is 9.28. The molecule has 0 spiro atoms. The molecule has 8 heteroatoms. The van der Waals surface area contributed by atoms with Crippen LogP contribution in [-0.2, 0) is 0 Å². The van der Waals surface area contributed by atoms with Gasteiger partial charge in [0.1, 0.15) is 0 Å². The van der Waals surface area contributed by atoms with Gasteiger partial charge in [-0.05, 0) is 24.2 Å². The molecule has 0 saturated carbocycles. The van der Waals surface area contributed by atoms with Gasteiger partial charge in [0.25, 0.3) is 5.69 Å². The van der Waals surface area contributed by atoms with E-state index in [0.717, 1.165) is 4.68 Å². The molecule has 1 N–H and O–H groups in total. The number of nitro groups is 1. The maximum atomic E-state index is 11.7. The molecule has 92 valence electrons. The Balaban J connectivity index is 2.53. The summed E-state index contributed by atoms with van der Waals surface area (Å²) in [6, 6.07) is 5.35. The standard InChI is InChI=1S/C10H8N4O4/c1-6-9(12-16)10(15)13(11-6)7-2-4-8(5-3-7)14(17)18/h2-5,11H,1H3. The maximum Gasteiger partial charge on any atom is 0.301 e. The highest BCUT2D eigenvalue weighted by molar-refractivity contribution is 5.45. The summed E-state index contributed by atoms with van der Waals surface area (Å²) in [7, 11) is 0. The van der Waals surface area contributed by atoms with Gasteiger partial charge in [0.2, 0.25) is 0 Å². The molecule has 1 aromatic carbocycles. The lowest BCUT2D eigenvalue weighted by Crippen LogP contribution is -2.13. The first kappa shape index (κ1) is 11.7. The van der Waals surface area contributed by atoms with Gasteiger partial charge in [0.15, 0.2) is 5.69 Å². The number of non-ortho nitro benzene ring substituents is 1. The van der Waals surface area contributed by atoms with E-state index in [0.29, 0.717) is 11.4 Å². The van der Waals surface area contributed by atoms with Crippen LogP contribution in [0.15, 0.2) is 34.2 Å². The van der Waals surface area contributed by atoms with E-state index < -0.39 is 10.5 Å². The van der Waals surface area contributed by atoms with Crippen LogP contribution in [0, 0.1) is 21.9 Å². The molecule has 2 aromatic rings. The van der Waals surface area contributed by atoms with Gasteiger partial charge in [-0.25, -0.2) is 4.68 Å². The summed E-state index contributed by atoms with van der Waals surface area (Å²) in [5, 5.41) is 15.8. The van der Waals surface area contributed by atoms with E-state index in [1.807, 2.05) is 0 Å². The van der Waals surface area contributed by atoms with Gasteiger partial charge < -0.3 is 0 Å². The summed E-state index contributed by atoms with van der Waals surface area (Å²) in [5.74, 6) is 0. The summed E-state index contributed by atoms with van der Waals surface area (Å²) >= 11 is 0. The predicted molar refractivity (Wildman–Crippen MR) is 63.2 cm³/mol. The number of benzene rings is 1. The van der Waals surface area contributed by atoms with Gasteiger partial charge in [0, 0.05) is 12.1 Å². The van der Waals surface area contributed by atoms with Crippen LogP contribution in [0.2, 0.25) is 0 Å². The Hall–Kier alpha value is -2.77. The van der Waals surface area contributed by atoms with Gasteiger partial charge in [-0.1, -0.05) is 0 Å². The second-order valence-corrected chi connectivity index (χ2v) is 3.59. The van der Waals surface area contributed by atoms with Crippen molar-refractivity contribution < 1.29 is 4.92 Å². The molecule has 2 rings (SSSR count). The van der Waals surface area contributed by atoms with E-state index in [-0.39, 0.29) is 11.4 Å². The first-order chi connectivity index (χ1) is 8.54. The topological polar surface area (TPSA) is 110 Å². The highest BCUT2D eigenvalue weighted by Gasteiger charge is 2.13. The molecule has 0 bridgehead atoms. The minimum Gasteiger partial charge on any atom is -0.293 e. The number of hydrogen-bond acceptors (Lipinski definition) is 5. The van der Waals surface area contributed by atoms with Crippen molar-refractivity contribution in [3.05, 3.63) is 55.3 Å². The fourth-order valence-corrected chi connectivity index (χ4v) is 1.55. The van der Waals surface area contributed by atoms with Gasteiger partial charge in [0.05, 0.1) is 16.3 Å². The summed E-state index contributed by atoms with van der Waals surface area (Å²) in [6.07, 6.45) is 0. The molecule has 8 nitrogen and oxygen atoms in total. The first-order valence-electron chi connectivity index (χ1n) is 4.94. The number of nitrogens with zero attached hydrogens (tertiary/aromatic N) is 3. The molecule has 0 fully saturated rings. The van der Waals surface area contributed by atoms with Crippen LogP contribution in [0.25, 0.3) is 5.69 Å². The Morgan fingerprint density at radius 3 is 2.39 bits per heavy atom. The molecule has 0 aliphatic rings. The van der Waals surface area contributed by atoms with Crippen LogP contribution >= 0.6 is 0 Å². The van der Waals surface area contributed by atoms with Crippen molar-refractivity contribution in [2.45, 2.75) is 6.92 Å². The highest BCUT2D eigenvalue weighted by atomic mass is 16.6. The molecule has 0 aliphatic heterocycles. The van der Waals surface area contributed by atoms with Crippen molar-refractivity contribution in [3.63, 3.8) is 0 Å². The fourth-order valence-electron chi connectivity index (χ4n) is 1.55. The van der Waals surface area contributed by atoms with E-state index in [9.17, 15) is 19.8 Å². The number of nitrogens with one attached hydrogen (secondary N) is 1. The predicted octanol–water partition coefficient (Wildman–Crippen LogP) is 1.78. The molecule has 0 atom stereocenters. The molecule has 1 heterocycles. The Labute approximate surface area is 100.0 Å². The monoisotopic (exact) mass is 248 g/mol. The summed E-state index contributed by atoms with van der Waals surface area (Å²) in [4.78, 5) is 32.2. The summed E-state index contributed by atoms with van der Waals surface area (Å²) in [5.41, 5.74) is -0.134. The van der Waals surface area contributed by atoms with Crippen molar-refractivity contribution in [2.24, 2.45) is 5.18 Å². The molecule has 1 aromatic heterocycles. The number of nitro benzene ring substituents is 1. The zero-order chi connectivity index (χ0) is 13.3. The third-order valence-electron chi connectivity index (χ3n) is 2.45. The molecule has 0 saturated heterocycles. The highest BCUT2D eigenvalue weighted by Crippen LogP contribution is 2.16. The van der Waals surface area contributed by atoms with Crippen molar-refractivity contribution in [2.75, 3.05) is 0 Å². The maximum absolute atomic E-state index is 11.7. The number of aromatic amines is 1. The molecule has 0 aliphatic carbocycles. The Kier molecular flexibility index (Phi) is 2.76. The SMILES string of the molecule is Cc1[nH]n(-c2ccc([N+](=O)[O-])cc2)c(=O)c1N=O. The number of rotatable bonds is 3. The van der Waals surface area contributed by atoms with Crippen LogP contribution in [0.5, 0.6) is 0 Å². The number of aromatic nitrogens is 2. The van der Waals surface area contributed by atoms with Gasteiger partial charge in [-0.3, -0.25) is 20.0 Å². The minimum atomic E-state index is -0.587. The molecule has 18 heavy (non-hydrogen) atoms. The van der Waals surface area contributed by atoms with E-state index in [1.165, 1.54) is 24.3 Å². The van der Waals surface area contributed by atoms with Crippen molar-refractivity contribution >= 4 is 11.4 Å². The van der Waals surface area contributed by atoms with Crippen molar-refractivity contribution in [3.8, 4) is 5.69 Å². The first-order valence-corrected chi connectivity index (χ1v) is 4.94. The average molecular weight is 248 g/mol. The largest absolute Gasteiger partial charge is 0.301 e. The smallest absolute Gasteiger partial charge is 0.293 e. The van der Waals surface area contributed by atoms with Gasteiger partial charge in [-0.2, -0.15) is 0 Å². The zero-order valence-corrected chi connectivity index (χ0v) is 9.28. The lowest BCUT2D eigenvalue weighted by atomic mass is 10.3. The van der Waals surface area contributed by atoms with E-state index >= 15 is 0 Å². The minimum absolute atomic E-state index is 0.0798. The lowest BCUT2D eigenvalue weighted by Gasteiger charge is -2.00. The van der Waals surface area contributed by atoms with Crippen molar-refractivity contribution in [1.29, 1.82) is 0 Å². The summed E-state index contributed by atoms with van der Waals surface area (Å²) < 4.78 is 1.11. The van der Waals surface area contributed by atoms with E-state index in [1.54, 1.807) is 6.92 Å². The summed E-state index contributed by atoms with van der Waals surface area (Å²) in [6.45, 7) is 1.54. The third-order valence-corrected chi connectivity index (χ3v) is 2.45. The second kappa shape index (κ2) is 4.24. The van der Waals surface area contributed by atoms with Crippen LogP contribution in [0.1, 0.15) is 5.69 Å². The molecule has 0 unspecified atom stereocenters. The fraction of sp³-hybridized carbons (Fsp3) is 0.100. The van der Waals surface area contributed by atoms with Crippen LogP contribution in [0.3, 0.4) is 0 Å². The van der Waals surface area contributed by atoms with Gasteiger partial charge >= 0.3 is 5.56 Å². The number of H-pyrrole nitrogens is 1. The van der Waals surface area contributed by atoms with E-state index in [4.69, 9.17) is 0 Å². The molecular formula is C10H8N4O4. The number of nitroso groups, excluding NO2 is 1. The Bertz CT molecular complexity index is 668. The normalized spacial score (nSPS) is 10.3. The van der Waals surface area contributed by atoms with Crippen LogP contribution in [-0.4, -0.2) is 14.7 Å². The van der Waals surface area contributed by atoms with Crippen LogP contribution < -0.4 is 5.56 Å². The second-order valence-electron chi connectivity index (χ2n) is 3.59. The van der Waals surface area contributed by atoms with Crippen LogP contribution in [0.4, 0.5) is 11.4 Å². The molecular weight excluding hydrogens is 240 g/mol. The molecule has 0 radical (unpaired) electrons. The number of hydrogen-bond donors (Lipinski definition) is 1. The Morgan fingerprint density at radius 1 is 1.33 bits per heavy atom. The van der Waals surface area contributed by atoms with Crippen molar-refractivity contribution in [1.82, 2.24) is 9.78 Å². The number of aryl methyl sites for hydroxylation is 1. The average Bonchev–Trinajstić information content (AvgIpc) is 2.64.